The Bertz CT molecular complexity index is 239. The zero-order valence-electron chi connectivity index (χ0n) is 14.0. The fourth-order valence-corrected chi connectivity index (χ4v) is 7.69. The lowest BCUT2D eigenvalue weighted by atomic mass is 10.2. The van der Waals surface area contributed by atoms with Crippen molar-refractivity contribution in [1.82, 2.24) is 0 Å². The molecule has 0 spiro atoms. The molecular weight excluding hydrogens is 256 g/mol. The molecule has 2 nitrogen and oxygen atoms in total. The second kappa shape index (κ2) is 6.68. The van der Waals surface area contributed by atoms with Crippen LogP contribution in [0.2, 0.25) is 31.7 Å². The lowest BCUT2D eigenvalue weighted by Crippen LogP contribution is -2.39. The first kappa shape index (κ1) is 18.4. The van der Waals surface area contributed by atoms with Gasteiger partial charge in [0.1, 0.15) is 0 Å². The maximum absolute atomic E-state index is 6.22. The van der Waals surface area contributed by atoms with Gasteiger partial charge in [-0.2, -0.15) is 0 Å². The van der Waals surface area contributed by atoms with Gasteiger partial charge in [-0.3, -0.25) is 0 Å². The van der Waals surface area contributed by atoms with Gasteiger partial charge in [0, 0.05) is 11.2 Å². The average molecular weight is 291 g/mol. The lowest BCUT2D eigenvalue weighted by molar-refractivity contribution is 0.120. The van der Waals surface area contributed by atoms with Crippen LogP contribution in [-0.4, -0.2) is 28.6 Å². The average Bonchev–Trinajstić information content (AvgIpc) is 1.93. The van der Waals surface area contributed by atoms with Crippen LogP contribution in [0.1, 0.15) is 48.0 Å². The highest BCUT2D eigenvalue weighted by Crippen LogP contribution is 2.23. The number of rotatable bonds is 6. The Hall–Kier alpha value is 0.354. The molecule has 0 aromatic rings. The topological polar surface area (TPSA) is 18.5 Å². The third-order valence-corrected chi connectivity index (χ3v) is 7.58. The minimum absolute atomic E-state index is 0.000671. The molecule has 0 amide bonds. The van der Waals surface area contributed by atoms with Crippen molar-refractivity contribution in [3.63, 3.8) is 0 Å². The summed E-state index contributed by atoms with van der Waals surface area (Å²) < 4.78 is 12.3. The molecule has 1 unspecified atom stereocenters. The molecule has 1 atom stereocenters. The second-order valence-electron chi connectivity index (χ2n) is 7.91. The molecule has 0 aromatic carbocycles. The molecular formula is C14H34O2Si2. The molecule has 18 heavy (non-hydrogen) atoms. The smallest absolute Gasteiger partial charge is 0.187 e. The molecule has 0 aliphatic heterocycles. The van der Waals surface area contributed by atoms with Crippen LogP contribution in [-0.2, 0) is 8.85 Å². The SMILES string of the molecule is C[SiH](CCC[Si](C)(C)OC(C)(C)C)OC(C)(C)C. The minimum atomic E-state index is -1.50. The van der Waals surface area contributed by atoms with Crippen molar-refractivity contribution < 1.29 is 8.85 Å². The van der Waals surface area contributed by atoms with Gasteiger partial charge >= 0.3 is 0 Å². The van der Waals surface area contributed by atoms with Crippen molar-refractivity contribution in [3.8, 4) is 0 Å². The number of hydrogen-bond acceptors (Lipinski definition) is 2. The molecule has 4 heteroatoms. The third-order valence-electron chi connectivity index (χ3n) is 2.53. The first-order valence-electron chi connectivity index (χ1n) is 7.19. The summed E-state index contributed by atoms with van der Waals surface area (Å²) in [6.07, 6.45) is 1.26. The van der Waals surface area contributed by atoms with E-state index in [0.29, 0.717) is 0 Å². The van der Waals surface area contributed by atoms with Crippen molar-refractivity contribution in [2.45, 2.75) is 90.9 Å². The van der Waals surface area contributed by atoms with E-state index in [1.54, 1.807) is 0 Å². The second-order valence-corrected chi connectivity index (χ2v) is 14.6. The van der Waals surface area contributed by atoms with Crippen LogP contribution < -0.4 is 0 Å². The molecule has 0 heterocycles. The van der Waals surface area contributed by atoms with Crippen LogP contribution in [0, 0.1) is 0 Å². The Balaban J connectivity index is 3.96. The van der Waals surface area contributed by atoms with E-state index in [0.717, 1.165) is 0 Å². The summed E-state index contributed by atoms with van der Waals surface area (Å²) in [5.41, 5.74) is 0.0289. The summed E-state index contributed by atoms with van der Waals surface area (Å²) in [6, 6.07) is 2.51. The van der Waals surface area contributed by atoms with Crippen LogP contribution in [0.15, 0.2) is 0 Å². The molecule has 0 aliphatic carbocycles. The van der Waals surface area contributed by atoms with Gasteiger partial charge in [-0.15, -0.1) is 0 Å². The fraction of sp³-hybridized carbons (Fsp3) is 1.00. The van der Waals surface area contributed by atoms with Gasteiger partial charge in [0.05, 0.1) is 0 Å². The summed E-state index contributed by atoms with van der Waals surface area (Å²) in [6.45, 7) is 19.9. The molecule has 0 radical (unpaired) electrons. The van der Waals surface area contributed by atoms with Crippen LogP contribution in [0.4, 0.5) is 0 Å². The highest BCUT2D eigenvalue weighted by Gasteiger charge is 2.28. The maximum Gasteiger partial charge on any atom is 0.187 e. The quantitative estimate of drug-likeness (QED) is 0.667. The fourth-order valence-electron chi connectivity index (χ4n) is 2.36. The van der Waals surface area contributed by atoms with Crippen molar-refractivity contribution >= 4 is 17.4 Å². The van der Waals surface area contributed by atoms with Crippen molar-refractivity contribution in [3.05, 3.63) is 0 Å². The summed E-state index contributed by atoms with van der Waals surface area (Å²) in [5, 5.41) is 0. The van der Waals surface area contributed by atoms with Crippen molar-refractivity contribution in [2.75, 3.05) is 0 Å². The first-order valence-corrected chi connectivity index (χ1v) is 12.7. The van der Waals surface area contributed by atoms with Crippen LogP contribution in [0.25, 0.3) is 0 Å². The van der Waals surface area contributed by atoms with E-state index in [2.05, 4.69) is 61.2 Å². The van der Waals surface area contributed by atoms with Crippen LogP contribution in [0.5, 0.6) is 0 Å². The van der Waals surface area contributed by atoms with E-state index in [1.807, 2.05) is 0 Å². The van der Waals surface area contributed by atoms with Gasteiger partial charge in [-0.05, 0) is 73.3 Å². The van der Waals surface area contributed by atoms with Crippen LogP contribution in [0.3, 0.4) is 0 Å². The van der Waals surface area contributed by atoms with E-state index in [1.165, 1.54) is 18.5 Å². The highest BCUT2D eigenvalue weighted by molar-refractivity contribution is 6.71. The molecule has 110 valence electrons. The van der Waals surface area contributed by atoms with E-state index in [9.17, 15) is 0 Å². The van der Waals surface area contributed by atoms with Gasteiger partial charge < -0.3 is 8.85 Å². The summed E-state index contributed by atoms with van der Waals surface area (Å²) in [7, 11) is -2.50. The summed E-state index contributed by atoms with van der Waals surface area (Å²) in [4.78, 5) is 0. The molecule has 0 saturated carbocycles. The zero-order valence-corrected chi connectivity index (χ0v) is 16.2. The van der Waals surface area contributed by atoms with Gasteiger partial charge in [0.2, 0.25) is 0 Å². The van der Waals surface area contributed by atoms with E-state index in [4.69, 9.17) is 8.85 Å². The molecule has 0 rings (SSSR count). The molecule has 0 saturated heterocycles. The molecule has 0 aromatic heterocycles. The Morgan fingerprint density at radius 3 is 1.83 bits per heavy atom. The van der Waals surface area contributed by atoms with E-state index >= 15 is 0 Å². The first-order chi connectivity index (χ1) is 7.81. The predicted molar refractivity (Wildman–Crippen MR) is 86.4 cm³/mol. The van der Waals surface area contributed by atoms with E-state index < -0.39 is 17.4 Å². The van der Waals surface area contributed by atoms with Crippen LogP contribution >= 0.6 is 0 Å². The third kappa shape index (κ3) is 11.4. The van der Waals surface area contributed by atoms with Gasteiger partial charge in [0.15, 0.2) is 17.4 Å². The monoisotopic (exact) mass is 290 g/mol. The van der Waals surface area contributed by atoms with E-state index in [-0.39, 0.29) is 11.2 Å². The number of hydrogen-bond donors (Lipinski definition) is 0. The predicted octanol–water partition coefficient (Wildman–Crippen LogP) is 4.57. The zero-order chi connectivity index (χ0) is 14.6. The Labute approximate surface area is 117 Å². The Morgan fingerprint density at radius 2 is 1.44 bits per heavy atom. The highest BCUT2D eigenvalue weighted by atomic mass is 28.4. The summed E-state index contributed by atoms with van der Waals surface area (Å²) in [5.74, 6) is 0. The molecule has 0 fully saturated rings. The normalized spacial score (nSPS) is 15.8. The van der Waals surface area contributed by atoms with Crippen molar-refractivity contribution in [2.24, 2.45) is 0 Å². The summed E-state index contributed by atoms with van der Waals surface area (Å²) >= 11 is 0. The largest absolute Gasteiger partial charge is 0.416 e. The van der Waals surface area contributed by atoms with Gasteiger partial charge in [0.25, 0.3) is 0 Å². The Morgan fingerprint density at radius 1 is 0.944 bits per heavy atom. The molecule has 0 N–H and O–H groups in total. The van der Waals surface area contributed by atoms with Gasteiger partial charge in [-0.25, -0.2) is 0 Å². The lowest BCUT2D eigenvalue weighted by Gasteiger charge is -2.33. The molecule has 0 aliphatic rings. The Kier molecular flexibility index (Phi) is 6.81. The van der Waals surface area contributed by atoms with Crippen molar-refractivity contribution in [1.29, 1.82) is 0 Å². The minimum Gasteiger partial charge on any atom is -0.416 e. The molecule has 0 bridgehead atoms. The standard InChI is InChI=1S/C14H34O2Si2/c1-13(2,3)15-17(7)11-10-12-18(8,9)16-14(4,5)6/h17H,10-12H2,1-9H3. The van der Waals surface area contributed by atoms with Gasteiger partial charge in [-0.1, -0.05) is 6.42 Å². The maximum atomic E-state index is 6.22.